The molecule has 180 valence electrons. The van der Waals surface area contributed by atoms with Gasteiger partial charge in [-0.1, -0.05) is 45.0 Å². The van der Waals surface area contributed by atoms with Crippen LogP contribution in [0, 0.1) is 5.41 Å². The summed E-state index contributed by atoms with van der Waals surface area (Å²) in [7, 11) is -4.14. The van der Waals surface area contributed by atoms with Crippen molar-refractivity contribution in [1.29, 1.82) is 0 Å². The molecule has 0 heterocycles. The van der Waals surface area contributed by atoms with Crippen LogP contribution in [0.5, 0.6) is 0 Å². The van der Waals surface area contributed by atoms with Crippen molar-refractivity contribution >= 4 is 49.7 Å². The van der Waals surface area contributed by atoms with Gasteiger partial charge in [0, 0.05) is 33.2 Å². The Hall–Kier alpha value is -3.60. The minimum atomic E-state index is -5.09. The van der Waals surface area contributed by atoms with E-state index in [1.54, 1.807) is 26.1 Å². The van der Waals surface area contributed by atoms with Crippen molar-refractivity contribution in [3.05, 3.63) is 60.7 Å². The van der Waals surface area contributed by atoms with Gasteiger partial charge in [0.15, 0.2) is 0 Å². The van der Waals surface area contributed by atoms with Crippen LogP contribution in [0.25, 0.3) is 10.8 Å². The molecule has 0 unspecified atom stereocenters. The van der Waals surface area contributed by atoms with Crippen molar-refractivity contribution in [2.45, 2.75) is 31.8 Å². The summed E-state index contributed by atoms with van der Waals surface area (Å²) in [5, 5.41) is 4.76. The van der Waals surface area contributed by atoms with E-state index < -0.39 is 27.5 Å². The van der Waals surface area contributed by atoms with Gasteiger partial charge >= 0.3 is 12.1 Å². The van der Waals surface area contributed by atoms with Crippen molar-refractivity contribution in [2.24, 2.45) is 5.41 Å². The molecule has 3 aromatic rings. The number of hydrogen-bond acceptors (Lipinski definition) is 4. The number of anilines is 3. The lowest BCUT2D eigenvalue weighted by molar-refractivity contribution is -0.167. The van der Waals surface area contributed by atoms with Crippen LogP contribution in [0.3, 0.4) is 0 Å². The molecule has 11 heteroatoms. The fourth-order valence-electron chi connectivity index (χ4n) is 2.97. The molecule has 0 spiro atoms. The first kappa shape index (κ1) is 25.0. The summed E-state index contributed by atoms with van der Waals surface area (Å²) in [6.07, 6.45) is -5.09. The maximum atomic E-state index is 13.1. The SMILES string of the molecule is CC(C)(C)C(=O)Nc1ccc(NS(=O)(=O)c2cccc3c(NC(=O)C(F)(F)F)cccc23)cc1. The maximum Gasteiger partial charge on any atom is 0.471 e. The third-order valence-corrected chi connectivity index (χ3v) is 6.19. The zero-order valence-corrected chi connectivity index (χ0v) is 19.3. The molecule has 34 heavy (non-hydrogen) atoms. The van der Waals surface area contributed by atoms with Gasteiger partial charge < -0.3 is 10.6 Å². The van der Waals surface area contributed by atoms with Crippen LogP contribution in [0.1, 0.15) is 20.8 Å². The van der Waals surface area contributed by atoms with Crippen LogP contribution in [-0.2, 0) is 19.6 Å². The summed E-state index contributed by atoms with van der Waals surface area (Å²) in [5.74, 6) is -2.37. The number of alkyl halides is 3. The Morgan fingerprint density at radius 3 is 1.88 bits per heavy atom. The van der Waals surface area contributed by atoms with Gasteiger partial charge in [0.1, 0.15) is 0 Å². The molecule has 0 aliphatic rings. The van der Waals surface area contributed by atoms with E-state index in [-0.39, 0.29) is 32.9 Å². The lowest BCUT2D eigenvalue weighted by Gasteiger charge is -2.18. The highest BCUT2D eigenvalue weighted by Crippen LogP contribution is 2.31. The van der Waals surface area contributed by atoms with E-state index in [4.69, 9.17) is 0 Å². The van der Waals surface area contributed by atoms with Crippen molar-refractivity contribution in [2.75, 3.05) is 15.4 Å². The zero-order chi connectivity index (χ0) is 25.3. The van der Waals surface area contributed by atoms with Crippen molar-refractivity contribution in [3.63, 3.8) is 0 Å². The van der Waals surface area contributed by atoms with Crippen molar-refractivity contribution in [3.8, 4) is 0 Å². The van der Waals surface area contributed by atoms with Crippen LogP contribution in [0.15, 0.2) is 65.6 Å². The number of carbonyl (C=O) groups excluding carboxylic acids is 2. The summed E-state index contributed by atoms with van der Waals surface area (Å²) < 4.78 is 66.5. The maximum absolute atomic E-state index is 13.1. The topological polar surface area (TPSA) is 104 Å². The second-order valence-corrected chi connectivity index (χ2v) is 10.1. The Kier molecular flexibility index (Phi) is 6.61. The number of fused-ring (bicyclic) bond motifs is 1. The molecule has 3 aromatic carbocycles. The molecule has 3 rings (SSSR count). The van der Waals surface area contributed by atoms with E-state index in [0.717, 1.165) is 0 Å². The standard InChI is InChI=1S/C23H22F3N3O4S/c1-22(2,3)20(30)27-14-10-12-15(13-11-14)29-34(32,33)19-9-5-6-16-17(19)7-4-8-18(16)28-21(31)23(24,25)26/h4-13,29H,1-3H3,(H,27,30)(H,28,31). The molecule has 0 fully saturated rings. The van der Waals surface area contributed by atoms with E-state index in [1.165, 1.54) is 60.7 Å². The van der Waals surface area contributed by atoms with Gasteiger partial charge in [0.05, 0.1) is 4.90 Å². The van der Waals surface area contributed by atoms with Crippen LogP contribution >= 0.6 is 0 Å². The van der Waals surface area contributed by atoms with E-state index in [9.17, 15) is 31.2 Å². The predicted octanol–water partition coefficient (Wildman–Crippen LogP) is 5.13. The lowest BCUT2D eigenvalue weighted by atomic mass is 9.95. The summed E-state index contributed by atoms with van der Waals surface area (Å²) in [6.45, 7) is 5.28. The van der Waals surface area contributed by atoms with E-state index in [2.05, 4.69) is 10.0 Å². The Morgan fingerprint density at radius 1 is 0.735 bits per heavy atom. The van der Waals surface area contributed by atoms with E-state index in [0.29, 0.717) is 5.69 Å². The summed E-state index contributed by atoms with van der Waals surface area (Å²) in [5.41, 5.74) is -0.0752. The first-order valence-electron chi connectivity index (χ1n) is 10.0. The molecule has 0 atom stereocenters. The van der Waals surface area contributed by atoms with Crippen molar-refractivity contribution < 1.29 is 31.2 Å². The van der Waals surface area contributed by atoms with E-state index >= 15 is 0 Å². The molecular weight excluding hydrogens is 471 g/mol. The predicted molar refractivity (Wildman–Crippen MR) is 124 cm³/mol. The second kappa shape index (κ2) is 8.98. The average molecular weight is 494 g/mol. The summed E-state index contributed by atoms with van der Waals surface area (Å²) in [4.78, 5) is 23.3. The van der Waals surface area contributed by atoms with Crippen LogP contribution in [0.4, 0.5) is 30.2 Å². The molecule has 0 bridgehead atoms. The monoisotopic (exact) mass is 493 g/mol. The van der Waals surface area contributed by atoms with E-state index in [1.807, 2.05) is 0 Å². The number of halogens is 3. The molecule has 0 saturated carbocycles. The fourth-order valence-corrected chi connectivity index (χ4v) is 4.25. The average Bonchev–Trinajstić information content (AvgIpc) is 2.73. The minimum absolute atomic E-state index is 0.128. The molecule has 0 saturated heterocycles. The lowest BCUT2D eigenvalue weighted by Crippen LogP contribution is -2.30. The molecule has 0 aliphatic carbocycles. The third kappa shape index (κ3) is 5.66. The van der Waals surface area contributed by atoms with Gasteiger partial charge in [-0.3, -0.25) is 14.3 Å². The molecule has 0 aliphatic heterocycles. The first-order valence-corrected chi connectivity index (χ1v) is 11.5. The van der Waals surface area contributed by atoms with Gasteiger partial charge in [-0.25, -0.2) is 8.42 Å². The Balaban J connectivity index is 1.89. The Bertz CT molecular complexity index is 1350. The van der Waals surface area contributed by atoms with Crippen molar-refractivity contribution in [1.82, 2.24) is 0 Å². The number of carbonyl (C=O) groups is 2. The highest BCUT2D eigenvalue weighted by molar-refractivity contribution is 7.93. The third-order valence-electron chi connectivity index (χ3n) is 4.75. The number of nitrogens with one attached hydrogen (secondary N) is 3. The largest absolute Gasteiger partial charge is 0.471 e. The normalized spacial score (nSPS) is 12.3. The summed E-state index contributed by atoms with van der Waals surface area (Å²) >= 11 is 0. The van der Waals surface area contributed by atoms with Gasteiger partial charge in [-0.15, -0.1) is 0 Å². The van der Waals surface area contributed by atoms with Crippen LogP contribution < -0.4 is 15.4 Å². The van der Waals surface area contributed by atoms with Gasteiger partial charge in [-0.2, -0.15) is 13.2 Å². The smallest absolute Gasteiger partial charge is 0.326 e. The highest BCUT2D eigenvalue weighted by Gasteiger charge is 2.39. The molecule has 0 aromatic heterocycles. The zero-order valence-electron chi connectivity index (χ0n) is 18.4. The number of benzene rings is 3. The minimum Gasteiger partial charge on any atom is -0.326 e. The molecule has 3 N–H and O–H groups in total. The molecule has 0 radical (unpaired) electrons. The number of amides is 2. The quantitative estimate of drug-likeness (QED) is 0.459. The highest BCUT2D eigenvalue weighted by atomic mass is 32.2. The molecular formula is C23H22F3N3O4S. The number of hydrogen-bond donors (Lipinski definition) is 3. The summed E-state index contributed by atoms with van der Waals surface area (Å²) in [6, 6.07) is 14.1. The van der Waals surface area contributed by atoms with Crippen LogP contribution in [-0.4, -0.2) is 26.4 Å². The Morgan fingerprint density at radius 2 is 1.29 bits per heavy atom. The van der Waals surface area contributed by atoms with Gasteiger partial charge in [0.2, 0.25) is 5.91 Å². The Labute approximate surface area is 194 Å². The van der Waals surface area contributed by atoms with Crippen LogP contribution in [0.2, 0.25) is 0 Å². The number of rotatable bonds is 5. The second-order valence-electron chi connectivity index (χ2n) is 8.50. The molecule has 7 nitrogen and oxygen atoms in total. The van der Waals surface area contributed by atoms with Gasteiger partial charge in [0.25, 0.3) is 10.0 Å². The fraction of sp³-hybridized carbons (Fsp3) is 0.217. The van der Waals surface area contributed by atoms with Gasteiger partial charge in [-0.05, 0) is 36.4 Å². The first-order chi connectivity index (χ1) is 15.7. The molecule has 2 amide bonds. The number of sulfonamides is 1.